The normalized spacial score (nSPS) is 17.6. The topological polar surface area (TPSA) is 73.0 Å². The fourth-order valence-corrected chi connectivity index (χ4v) is 3.55. The molecule has 106 valence electrons. The van der Waals surface area contributed by atoms with Crippen LogP contribution in [-0.2, 0) is 7.05 Å². The summed E-state index contributed by atoms with van der Waals surface area (Å²) in [5, 5.41) is 14.3. The number of imidazole rings is 1. The van der Waals surface area contributed by atoms with E-state index in [0.717, 1.165) is 6.54 Å². The van der Waals surface area contributed by atoms with E-state index in [-0.39, 0.29) is 10.6 Å². The maximum atomic E-state index is 11.0. The largest absolute Gasteiger partial charge is 0.406 e. The quantitative estimate of drug-likeness (QED) is 0.665. The summed E-state index contributed by atoms with van der Waals surface area (Å²) < 4.78 is 1.97. The van der Waals surface area contributed by atoms with Gasteiger partial charge in [0.1, 0.15) is 0 Å². The van der Waals surface area contributed by atoms with E-state index < -0.39 is 4.92 Å². The van der Waals surface area contributed by atoms with Gasteiger partial charge in [-0.25, -0.2) is 0 Å². The molecule has 1 aromatic heterocycles. The SMILES string of the molecule is CSC1(CNc2c([N+](=O)[O-])nc(C)n2C)CCCC1. The monoisotopic (exact) mass is 284 g/mol. The van der Waals surface area contributed by atoms with E-state index >= 15 is 0 Å². The maximum absolute atomic E-state index is 11.0. The standard InChI is InChI=1S/C12H20N4O2S/c1-9-14-11(16(17)18)10(15(9)2)13-8-12(19-3)6-4-5-7-12/h13H,4-8H2,1-3H3. The highest BCUT2D eigenvalue weighted by Crippen LogP contribution is 2.40. The van der Waals surface area contributed by atoms with E-state index in [1.165, 1.54) is 25.7 Å². The van der Waals surface area contributed by atoms with Crippen LogP contribution in [0.25, 0.3) is 0 Å². The highest BCUT2D eigenvalue weighted by Gasteiger charge is 2.34. The minimum absolute atomic E-state index is 0.0748. The predicted octanol–water partition coefficient (Wildman–Crippen LogP) is 2.72. The molecule has 2 rings (SSSR count). The number of nitrogens with one attached hydrogen (secondary N) is 1. The van der Waals surface area contributed by atoms with Crippen LogP contribution in [0.2, 0.25) is 0 Å². The molecule has 0 aromatic carbocycles. The first-order chi connectivity index (χ1) is 8.99. The molecule has 1 N–H and O–H groups in total. The molecule has 0 saturated heterocycles. The van der Waals surface area contributed by atoms with Crippen LogP contribution in [0.3, 0.4) is 0 Å². The molecule has 1 aliphatic rings. The van der Waals surface area contributed by atoms with Gasteiger partial charge in [0.05, 0.1) is 0 Å². The minimum Gasteiger partial charge on any atom is -0.363 e. The molecule has 1 heterocycles. The lowest BCUT2D eigenvalue weighted by Crippen LogP contribution is -2.30. The molecule has 0 bridgehead atoms. The molecule has 1 saturated carbocycles. The Hall–Kier alpha value is -1.24. The first kappa shape index (κ1) is 14.2. The first-order valence-electron chi connectivity index (χ1n) is 6.46. The molecule has 0 aliphatic heterocycles. The van der Waals surface area contributed by atoms with Crippen LogP contribution in [-0.4, -0.2) is 32.0 Å². The van der Waals surface area contributed by atoms with E-state index in [0.29, 0.717) is 11.6 Å². The number of nitro groups is 1. The Bertz CT molecular complexity index is 480. The van der Waals surface area contributed by atoms with Crippen LogP contribution in [0.4, 0.5) is 11.6 Å². The number of nitrogens with zero attached hydrogens (tertiary/aromatic N) is 3. The Morgan fingerprint density at radius 2 is 2.16 bits per heavy atom. The zero-order valence-electron chi connectivity index (χ0n) is 11.6. The molecule has 0 atom stereocenters. The number of aryl methyl sites for hydroxylation is 1. The molecule has 1 aromatic rings. The van der Waals surface area contributed by atoms with Crippen LogP contribution >= 0.6 is 11.8 Å². The number of rotatable bonds is 5. The van der Waals surface area contributed by atoms with E-state index in [1.54, 1.807) is 18.5 Å². The number of aromatic nitrogens is 2. The van der Waals surface area contributed by atoms with Crippen molar-refractivity contribution in [3.8, 4) is 0 Å². The van der Waals surface area contributed by atoms with E-state index in [2.05, 4.69) is 16.6 Å². The summed E-state index contributed by atoms with van der Waals surface area (Å²) in [5.41, 5.74) is 0. The third-order valence-electron chi connectivity index (χ3n) is 4.00. The summed E-state index contributed by atoms with van der Waals surface area (Å²) in [6.07, 6.45) is 6.96. The number of thioether (sulfide) groups is 1. The molecule has 0 unspecified atom stereocenters. The Kier molecular flexibility index (Phi) is 4.03. The smallest absolute Gasteiger partial charge is 0.363 e. The molecular weight excluding hydrogens is 264 g/mol. The molecule has 7 heteroatoms. The summed E-state index contributed by atoms with van der Waals surface area (Å²) in [6.45, 7) is 2.53. The third-order valence-corrected chi connectivity index (χ3v) is 5.42. The van der Waals surface area contributed by atoms with Crippen molar-refractivity contribution in [2.45, 2.75) is 37.4 Å². The van der Waals surface area contributed by atoms with E-state index in [9.17, 15) is 10.1 Å². The van der Waals surface area contributed by atoms with Gasteiger partial charge in [0.25, 0.3) is 0 Å². The number of hydrogen-bond donors (Lipinski definition) is 1. The van der Waals surface area contributed by atoms with Crippen molar-refractivity contribution in [2.75, 3.05) is 18.1 Å². The van der Waals surface area contributed by atoms with Crippen molar-refractivity contribution in [1.82, 2.24) is 9.55 Å². The fourth-order valence-electron chi connectivity index (χ4n) is 2.64. The summed E-state index contributed by atoms with van der Waals surface area (Å²) in [5.74, 6) is 1.09. The van der Waals surface area contributed by atoms with E-state index in [1.807, 2.05) is 11.8 Å². The van der Waals surface area contributed by atoms with Crippen LogP contribution in [0.1, 0.15) is 31.5 Å². The van der Waals surface area contributed by atoms with Crippen LogP contribution in [0.5, 0.6) is 0 Å². The van der Waals surface area contributed by atoms with Crippen molar-refractivity contribution in [1.29, 1.82) is 0 Å². The van der Waals surface area contributed by atoms with Crippen molar-refractivity contribution in [3.63, 3.8) is 0 Å². The molecule has 19 heavy (non-hydrogen) atoms. The van der Waals surface area contributed by atoms with Gasteiger partial charge in [-0.2, -0.15) is 11.8 Å². The maximum Gasteiger partial charge on any atom is 0.406 e. The van der Waals surface area contributed by atoms with Gasteiger partial charge >= 0.3 is 5.82 Å². The zero-order valence-corrected chi connectivity index (χ0v) is 12.4. The fraction of sp³-hybridized carbons (Fsp3) is 0.750. The third kappa shape index (κ3) is 2.70. The first-order valence-corrected chi connectivity index (χ1v) is 7.68. The molecule has 1 aliphatic carbocycles. The van der Waals surface area contributed by atoms with Gasteiger partial charge in [-0.15, -0.1) is 0 Å². The van der Waals surface area contributed by atoms with E-state index in [4.69, 9.17) is 0 Å². The van der Waals surface area contributed by atoms with Gasteiger partial charge in [-0.05, 0) is 29.0 Å². The van der Waals surface area contributed by atoms with Crippen LogP contribution in [0, 0.1) is 17.0 Å². The Morgan fingerprint density at radius 1 is 1.53 bits per heavy atom. The molecule has 1 fully saturated rings. The summed E-state index contributed by atoms with van der Waals surface area (Å²) in [7, 11) is 1.80. The second-order valence-corrected chi connectivity index (χ2v) is 6.37. The predicted molar refractivity (Wildman–Crippen MR) is 77.8 cm³/mol. The lowest BCUT2D eigenvalue weighted by molar-refractivity contribution is -0.388. The van der Waals surface area contributed by atoms with Gasteiger partial charge in [-0.3, -0.25) is 4.57 Å². The minimum atomic E-state index is -0.421. The van der Waals surface area contributed by atoms with Gasteiger partial charge in [-0.1, -0.05) is 12.8 Å². The molecule has 0 spiro atoms. The molecule has 0 amide bonds. The second kappa shape index (κ2) is 5.40. The highest BCUT2D eigenvalue weighted by atomic mass is 32.2. The second-order valence-electron chi connectivity index (χ2n) is 5.10. The summed E-state index contributed by atoms with van der Waals surface area (Å²) >= 11 is 1.86. The lowest BCUT2D eigenvalue weighted by atomic mass is 10.1. The molecule has 0 radical (unpaired) electrons. The number of anilines is 1. The summed E-state index contributed by atoms with van der Waals surface area (Å²) in [6, 6.07) is 0. The number of hydrogen-bond acceptors (Lipinski definition) is 5. The van der Waals surface area contributed by atoms with Crippen molar-refractivity contribution >= 4 is 23.4 Å². The van der Waals surface area contributed by atoms with Crippen LogP contribution < -0.4 is 5.32 Å². The average molecular weight is 284 g/mol. The van der Waals surface area contributed by atoms with Crippen molar-refractivity contribution in [3.05, 3.63) is 15.9 Å². The highest BCUT2D eigenvalue weighted by molar-refractivity contribution is 8.00. The Balaban J connectivity index is 2.17. The lowest BCUT2D eigenvalue weighted by Gasteiger charge is -2.27. The molecule has 6 nitrogen and oxygen atoms in total. The molecular formula is C12H20N4O2S. The van der Waals surface area contributed by atoms with Crippen molar-refractivity contribution in [2.24, 2.45) is 7.05 Å². The van der Waals surface area contributed by atoms with Gasteiger partial charge in [0.2, 0.25) is 11.6 Å². The van der Waals surface area contributed by atoms with Gasteiger partial charge < -0.3 is 15.4 Å². The Morgan fingerprint density at radius 3 is 2.68 bits per heavy atom. The van der Waals surface area contributed by atoms with Gasteiger partial charge in [0.15, 0.2) is 0 Å². The van der Waals surface area contributed by atoms with Gasteiger partial charge in [0, 0.05) is 25.3 Å². The van der Waals surface area contributed by atoms with Crippen LogP contribution in [0.15, 0.2) is 0 Å². The zero-order chi connectivity index (χ0) is 14.0. The Labute approximate surface area is 117 Å². The average Bonchev–Trinajstić information content (AvgIpc) is 2.95. The van der Waals surface area contributed by atoms with Crippen molar-refractivity contribution < 1.29 is 4.92 Å². The summed E-state index contributed by atoms with van der Waals surface area (Å²) in [4.78, 5) is 14.6.